The van der Waals surface area contributed by atoms with Gasteiger partial charge in [-0.15, -0.1) is 0 Å². The van der Waals surface area contributed by atoms with Crippen molar-refractivity contribution in [3.63, 3.8) is 0 Å². The van der Waals surface area contributed by atoms with Gasteiger partial charge in [0.1, 0.15) is 6.61 Å². The molecule has 0 unspecified atom stereocenters. The smallest absolute Gasteiger partial charge is 0.180 e. The van der Waals surface area contributed by atoms with E-state index in [-0.39, 0.29) is 0 Å². The lowest BCUT2D eigenvalue weighted by molar-refractivity contribution is 0.269. The molecule has 2 N–H and O–H groups in total. The summed E-state index contributed by atoms with van der Waals surface area (Å²) in [6.45, 7) is 7.78. The molecule has 0 spiro atoms. The SMILES string of the molecule is CCOc1cc(CNCCCNC)cc(Cl)c1OCc1ccccc1C. The Morgan fingerprint density at radius 1 is 1.08 bits per heavy atom. The molecular weight excluding hydrogens is 348 g/mol. The van der Waals surface area contributed by atoms with E-state index in [9.17, 15) is 0 Å². The van der Waals surface area contributed by atoms with Crippen molar-refractivity contribution in [2.24, 2.45) is 0 Å². The summed E-state index contributed by atoms with van der Waals surface area (Å²) < 4.78 is 11.8. The van der Waals surface area contributed by atoms with Crippen molar-refractivity contribution in [3.05, 3.63) is 58.1 Å². The molecule has 142 valence electrons. The Labute approximate surface area is 161 Å². The van der Waals surface area contributed by atoms with E-state index in [0.717, 1.165) is 37.2 Å². The van der Waals surface area contributed by atoms with Gasteiger partial charge in [-0.25, -0.2) is 0 Å². The fourth-order valence-electron chi connectivity index (χ4n) is 2.67. The van der Waals surface area contributed by atoms with Gasteiger partial charge in [0.05, 0.1) is 11.6 Å². The maximum atomic E-state index is 6.50. The highest BCUT2D eigenvalue weighted by molar-refractivity contribution is 6.32. The second-order valence-corrected chi connectivity index (χ2v) is 6.59. The minimum absolute atomic E-state index is 0.466. The van der Waals surface area contributed by atoms with Crippen molar-refractivity contribution in [2.45, 2.75) is 33.4 Å². The Balaban J connectivity index is 2.06. The number of hydrogen-bond donors (Lipinski definition) is 2. The van der Waals surface area contributed by atoms with Crippen molar-refractivity contribution >= 4 is 11.6 Å². The van der Waals surface area contributed by atoms with Crippen LogP contribution in [-0.2, 0) is 13.2 Å². The van der Waals surface area contributed by atoms with E-state index in [4.69, 9.17) is 21.1 Å². The van der Waals surface area contributed by atoms with Crippen molar-refractivity contribution in [3.8, 4) is 11.5 Å². The molecule has 0 aliphatic carbocycles. The number of halogens is 1. The third-order valence-corrected chi connectivity index (χ3v) is 4.39. The molecular formula is C21H29ClN2O2. The Morgan fingerprint density at radius 3 is 2.62 bits per heavy atom. The Kier molecular flexibility index (Phi) is 8.75. The molecule has 0 aliphatic heterocycles. The summed E-state index contributed by atoms with van der Waals surface area (Å²) in [5.41, 5.74) is 3.43. The van der Waals surface area contributed by atoms with Crippen molar-refractivity contribution < 1.29 is 9.47 Å². The lowest BCUT2D eigenvalue weighted by Crippen LogP contribution is -2.19. The lowest BCUT2D eigenvalue weighted by atomic mass is 10.1. The van der Waals surface area contributed by atoms with Crippen LogP contribution in [0.1, 0.15) is 30.0 Å². The molecule has 0 aromatic heterocycles. The summed E-state index contributed by atoms with van der Waals surface area (Å²) in [5, 5.41) is 7.15. The number of aryl methyl sites for hydroxylation is 1. The van der Waals surface area contributed by atoms with E-state index >= 15 is 0 Å². The summed E-state index contributed by atoms with van der Waals surface area (Å²) >= 11 is 6.50. The summed E-state index contributed by atoms with van der Waals surface area (Å²) in [7, 11) is 1.96. The second-order valence-electron chi connectivity index (χ2n) is 6.19. The predicted octanol–water partition coefficient (Wildman–Crippen LogP) is 4.33. The number of hydrogen-bond acceptors (Lipinski definition) is 4. The van der Waals surface area contributed by atoms with Gasteiger partial charge in [0.25, 0.3) is 0 Å². The van der Waals surface area contributed by atoms with Crippen molar-refractivity contribution in [2.75, 3.05) is 26.7 Å². The topological polar surface area (TPSA) is 42.5 Å². The van der Waals surface area contributed by atoms with E-state index in [0.29, 0.717) is 29.7 Å². The molecule has 0 saturated heterocycles. The monoisotopic (exact) mass is 376 g/mol. The van der Waals surface area contributed by atoms with Gasteiger partial charge in [-0.05, 0) is 69.2 Å². The molecule has 2 aromatic carbocycles. The average Bonchev–Trinajstić information content (AvgIpc) is 2.62. The highest BCUT2D eigenvalue weighted by Gasteiger charge is 2.13. The van der Waals surface area contributed by atoms with E-state index < -0.39 is 0 Å². The summed E-state index contributed by atoms with van der Waals surface area (Å²) in [6.07, 6.45) is 1.08. The normalized spacial score (nSPS) is 10.8. The van der Waals surface area contributed by atoms with E-state index in [1.807, 2.05) is 38.2 Å². The highest BCUT2D eigenvalue weighted by atomic mass is 35.5. The summed E-state index contributed by atoms with van der Waals surface area (Å²) in [6, 6.07) is 12.1. The lowest BCUT2D eigenvalue weighted by Gasteiger charge is -2.16. The fourth-order valence-corrected chi connectivity index (χ4v) is 2.96. The van der Waals surface area contributed by atoms with Crippen molar-refractivity contribution in [1.82, 2.24) is 10.6 Å². The Bertz CT molecular complexity index is 692. The number of rotatable bonds is 11. The Hall–Kier alpha value is -1.75. The zero-order valence-corrected chi connectivity index (χ0v) is 16.7. The zero-order valence-electron chi connectivity index (χ0n) is 15.9. The molecule has 0 amide bonds. The standard InChI is InChI=1S/C21H29ClN2O2/c1-4-25-20-13-17(14-24-11-7-10-23-3)12-19(22)21(20)26-15-18-9-6-5-8-16(18)2/h5-6,8-9,12-13,23-24H,4,7,10-11,14-15H2,1-3H3. The largest absolute Gasteiger partial charge is 0.490 e. The molecule has 0 heterocycles. The van der Waals surface area contributed by atoms with Crippen LogP contribution in [0.25, 0.3) is 0 Å². The molecule has 4 nitrogen and oxygen atoms in total. The summed E-state index contributed by atoms with van der Waals surface area (Å²) in [4.78, 5) is 0. The molecule has 2 rings (SSSR count). The molecule has 5 heteroatoms. The fraction of sp³-hybridized carbons (Fsp3) is 0.429. The van der Waals surface area contributed by atoms with Gasteiger partial charge in [-0.3, -0.25) is 0 Å². The van der Waals surface area contributed by atoms with Crippen LogP contribution >= 0.6 is 11.6 Å². The van der Waals surface area contributed by atoms with Gasteiger partial charge in [-0.1, -0.05) is 35.9 Å². The zero-order chi connectivity index (χ0) is 18.8. The average molecular weight is 377 g/mol. The minimum atomic E-state index is 0.466. The molecule has 2 aromatic rings. The van der Waals surface area contributed by atoms with Crippen LogP contribution in [0.5, 0.6) is 11.5 Å². The van der Waals surface area contributed by atoms with Gasteiger partial charge in [0.2, 0.25) is 0 Å². The molecule has 0 fully saturated rings. The minimum Gasteiger partial charge on any atom is -0.490 e. The van der Waals surface area contributed by atoms with Crippen LogP contribution in [0, 0.1) is 6.92 Å². The first-order valence-electron chi connectivity index (χ1n) is 9.13. The number of benzene rings is 2. The molecule has 0 aliphatic rings. The van der Waals surface area contributed by atoms with E-state index in [1.165, 1.54) is 5.56 Å². The molecule has 26 heavy (non-hydrogen) atoms. The van der Waals surface area contributed by atoms with E-state index in [2.05, 4.69) is 29.7 Å². The first kappa shape index (κ1) is 20.6. The molecule has 0 atom stereocenters. The van der Waals surface area contributed by atoms with Crippen LogP contribution in [0.2, 0.25) is 5.02 Å². The van der Waals surface area contributed by atoms with Gasteiger partial charge in [0.15, 0.2) is 11.5 Å². The van der Waals surface area contributed by atoms with Crippen LogP contribution in [0.4, 0.5) is 0 Å². The molecule has 0 saturated carbocycles. The quantitative estimate of drug-likeness (QED) is 0.573. The van der Waals surface area contributed by atoms with Crippen LogP contribution in [0.3, 0.4) is 0 Å². The van der Waals surface area contributed by atoms with Gasteiger partial charge in [0, 0.05) is 6.54 Å². The summed E-state index contributed by atoms with van der Waals surface area (Å²) in [5.74, 6) is 1.30. The predicted molar refractivity (Wildman–Crippen MR) is 108 cm³/mol. The highest BCUT2D eigenvalue weighted by Crippen LogP contribution is 2.37. The Morgan fingerprint density at radius 2 is 1.88 bits per heavy atom. The maximum absolute atomic E-state index is 6.50. The number of nitrogens with one attached hydrogen (secondary N) is 2. The van der Waals surface area contributed by atoms with Crippen LogP contribution in [0.15, 0.2) is 36.4 Å². The van der Waals surface area contributed by atoms with Crippen molar-refractivity contribution in [1.29, 1.82) is 0 Å². The third kappa shape index (κ3) is 6.20. The van der Waals surface area contributed by atoms with Gasteiger partial charge >= 0.3 is 0 Å². The van der Waals surface area contributed by atoms with E-state index in [1.54, 1.807) is 0 Å². The first-order chi connectivity index (χ1) is 12.7. The van der Waals surface area contributed by atoms with Gasteiger partial charge in [-0.2, -0.15) is 0 Å². The second kappa shape index (κ2) is 11.1. The molecule has 0 bridgehead atoms. The maximum Gasteiger partial charge on any atom is 0.180 e. The molecule has 0 radical (unpaired) electrons. The van der Waals surface area contributed by atoms with Crippen LogP contribution in [-0.4, -0.2) is 26.7 Å². The first-order valence-corrected chi connectivity index (χ1v) is 9.51. The van der Waals surface area contributed by atoms with Crippen LogP contribution < -0.4 is 20.1 Å². The van der Waals surface area contributed by atoms with Gasteiger partial charge < -0.3 is 20.1 Å². The number of ether oxygens (including phenoxy) is 2. The third-order valence-electron chi connectivity index (χ3n) is 4.11.